The van der Waals surface area contributed by atoms with Gasteiger partial charge in [0.2, 0.25) is 5.91 Å². The van der Waals surface area contributed by atoms with Gasteiger partial charge in [-0.15, -0.1) is 0 Å². The van der Waals surface area contributed by atoms with Gasteiger partial charge in [0.25, 0.3) is 5.91 Å². The fraction of sp³-hybridized carbons (Fsp3) is 0.531. The predicted octanol–water partition coefficient (Wildman–Crippen LogP) is 2.22. The molecular weight excluding hydrogens is 931 g/mol. The van der Waals surface area contributed by atoms with Crippen LogP contribution in [0.2, 0.25) is 0 Å². The van der Waals surface area contributed by atoms with Crippen LogP contribution in [0.15, 0.2) is 45.7 Å². The fourth-order valence-electron chi connectivity index (χ4n) is 5.78. The number of nitrogens with zero attached hydrogens (tertiary/aromatic N) is 8. The number of aliphatic imine (C=N–C) groups is 1. The third-order valence-corrected chi connectivity index (χ3v) is 12.3. The number of fused-ring (bicyclic) bond motifs is 1. The van der Waals surface area contributed by atoms with Gasteiger partial charge in [0, 0.05) is 40.1 Å². The predicted molar refractivity (Wildman–Crippen MR) is 223 cm³/mol. The molecule has 0 saturated carbocycles. The van der Waals surface area contributed by atoms with E-state index in [9.17, 15) is 33.1 Å². The Labute approximate surface area is 368 Å². The van der Waals surface area contributed by atoms with Crippen molar-refractivity contribution in [2.24, 2.45) is 26.7 Å². The molecule has 30 nitrogen and oxygen atoms in total. The average molecular weight is 978 g/mol. The number of benzene rings is 1. The minimum absolute atomic E-state index is 0.0522. The van der Waals surface area contributed by atoms with Crippen molar-refractivity contribution in [2.75, 3.05) is 58.2 Å². The highest BCUT2D eigenvalue weighted by atomic mass is 31.3. The number of phosphoric acid groups is 3. The molecule has 1 fully saturated rings. The number of aromatic nitrogens is 1. The summed E-state index contributed by atoms with van der Waals surface area (Å²) in [5.74, 6) is 5.46. The summed E-state index contributed by atoms with van der Waals surface area (Å²) < 4.78 is 77.0. The van der Waals surface area contributed by atoms with Gasteiger partial charge < -0.3 is 75.2 Å². The first kappa shape index (κ1) is 52.5. The molecule has 1 aromatic heterocycles. The van der Waals surface area contributed by atoms with E-state index in [1.165, 1.54) is 10.8 Å². The lowest BCUT2D eigenvalue weighted by molar-refractivity contribution is -0.126. The second kappa shape index (κ2) is 25.0. The van der Waals surface area contributed by atoms with Gasteiger partial charge in [-0.1, -0.05) is 41.5 Å². The van der Waals surface area contributed by atoms with Crippen molar-refractivity contribution in [3.8, 4) is 17.6 Å². The molecule has 65 heavy (non-hydrogen) atoms. The minimum atomic E-state index is -5.81. The highest BCUT2D eigenvalue weighted by Crippen LogP contribution is 2.66. The van der Waals surface area contributed by atoms with Crippen molar-refractivity contribution in [3.63, 3.8) is 0 Å². The molecule has 0 bridgehead atoms. The molecule has 7 atom stereocenters. The highest BCUT2D eigenvalue weighted by molar-refractivity contribution is 7.66. The van der Waals surface area contributed by atoms with E-state index in [0.717, 1.165) is 12.8 Å². The topological polar surface area (TPSA) is 443 Å². The summed E-state index contributed by atoms with van der Waals surface area (Å²) in [5.41, 5.74) is 31.0. The standard InChI is InChI=1S/C32H46N13O17P3/c1-2-3-9-38-31(47)20-6-4-8-22(13-20)57-18-26(42-44-36)56-12-11-55-17-25(46)37-10-5-7-21-15-45(30-28(21)29(33)40-32(34)41-30)27-14-23(58-19-39-43-35)24(60-27)16-59-64(51,52)62-65(53,54)61-63(48,49)50/h4,6,8,13,15,23-24,26-27,29H,2-3,9-12,14,16-19,33H2,1H3,(H,37,46)(H,38,47)(H,51,52)(H,53,54)(H3,34,40,41)(H2,48,49,50)/t23?,24-,26?,27-,29?/m1/s1. The summed E-state index contributed by atoms with van der Waals surface area (Å²) in [6.07, 6.45) is -2.14. The van der Waals surface area contributed by atoms with Gasteiger partial charge in [0.05, 0.1) is 38.0 Å². The van der Waals surface area contributed by atoms with Gasteiger partial charge in [-0.2, -0.15) is 8.62 Å². The fourth-order valence-corrected chi connectivity index (χ4v) is 8.81. The number of unbranched alkanes of at least 4 members (excludes halogenated alkanes) is 1. The molecule has 11 N–H and O–H groups in total. The van der Waals surface area contributed by atoms with E-state index in [-0.39, 0.29) is 57.1 Å². The Hall–Kier alpha value is -5.10. The smallest absolute Gasteiger partial charge is 0.490 e. The number of amides is 2. The number of hydrogen-bond acceptors (Lipinski definition) is 19. The summed E-state index contributed by atoms with van der Waals surface area (Å²) >= 11 is 0. The Kier molecular flexibility index (Phi) is 20.2. The number of ether oxygens (including phenoxy) is 5. The van der Waals surface area contributed by atoms with Crippen LogP contribution in [0, 0.1) is 11.8 Å². The summed E-state index contributed by atoms with van der Waals surface area (Å²) in [7, 11) is -17.0. The van der Waals surface area contributed by atoms with Crippen molar-refractivity contribution in [1.82, 2.24) is 15.2 Å². The van der Waals surface area contributed by atoms with Crippen LogP contribution in [-0.4, -0.2) is 113 Å². The quantitative estimate of drug-likeness (QED) is 0.0163. The second-order valence-corrected chi connectivity index (χ2v) is 17.6. The van der Waals surface area contributed by atoms with Crippen LogP contribution in [0.25, 0.3) is 20.9 Å². The molecule has 1 saturated heterocycles. The van der Waals surface area contributed by atoms with Crippen molar-refractivity contribution in [1.29, 1.82) is 0 Å². The Balaban J connectivity index is 1.31. The molecule has 5 unspecified atom stereocenters. The SMILES string of the molecule is CCCCNC(=O)c1cccc(OCC(N=[N+]=[N-])OCCOCC(=O)NCC#Cc2cn([C@H]3CC(OCN=[N+]=[N-])[C@@H](COP(=O)(O)OP(=O)(O)OP(=O)(O)O)O3)c3c2C(N)N=C(N)N3)c1. The number of hydrogen-bond donors (Lipinski definition) is 9. The summed E-state index contributed by atoms with van der Waals surface area (Å²) in [4.78, 5) is 71.3. The van der Waals surface area contributed by atoms with Gasteiger partial charge >= 0.3 is 23.5 Å². The lowest BCUT2D eigenvalue weighted by Crippen LogP contribution is -2.32. The van der Waals surface area contributed by atoms with Crippen LogP contribution in [-0.2, 0) is 50.6 Å². The normalized spacial score (nSPS) is 20.1. The molecule has 356 valence electrons. The van der Waals surface area contributed by atoms with E-state index in [1.54, 1.807) is 24.3 Å². The maximum Gasteiger partial charge on any atom is 0.490 e. The number of nitrogens with one attached hydrogen (secondary N) is 3. The monoisotopic (exact) mass is 977 g/mol. The van der Waals surface area contributed by atoms with Crippen LogP contribution < -0.4 is 32.2 Å². The number of guanidine groups is 1. The van der Waals surface area contributed by atoms with Crippen LogP contribution in [0.5, 0.6) is 5.75 Å². The number of azide groups is 2. The first-order valence-electron chi connectivity index (χ1n) is 19.0. The van der Waals surface area contributed by atoms with Crippen LogP contribution >= 0.6 is 23.5 Å². The minimum Gasteiger partial charge on any atom is -0.491 e. The number of rotatable bonds is 26. The largest absolute Gasteiger partial charge is 0.491 e. The molecule has 0 radical (unpaired) electrons. The number of nitrogens with two attached hydrogens (primary N) is 2. The third-order valence-electron chi connectivity index (χ3n) is 8.46. The van der Waals surface area contributed by atoms with E-state index >= 15 is 0 Å². The van der Waals surface area contributed by atoms with E-state index in [4.69, 9.17) is 60.5 Å². The zero-order valence-corrected chi connectivity index (χ0v) is 36.9. The van der Waals surface area contributed by atoms with Crippen LogP contribution in [0.1, 0.15) is 60.1 Å². The van der Waals surface area contributed by atoms with Gasteiger partial charge in [0.1, 0.15) is 50.0 Å². The van der Waals surface area contributed by atoms with Crippen molar-refractivity contribution < 1.29 is 79.7 Å². The van der Waals surface area contributed by atoms with Gasteiger partial charge in [-0.3, -0.25) is 14.1 Å². The summed E-state index contributed by atoms with van der Waals surface area (Å²) in [5, 5.41) is 15.1. The average Bonchev–Trinajstić information content (AvgIpc) is 3.80. The van der Waals surface area contributed by atoms with Gasteiger partial charge in [-0.05, 0) is 35.7 Å². The zero-order chi connectivity index (χ0) is 47.6. The molecule has 2 aromatic rings. The second-order valence-electron chi connectivity index (χ2n) is 13.2. The van der Waals surface area contributed by atoms with E-state index in [1.807, 2.05) is 6.92 Å². The maximum atomic E-state index is 12.5. The molecular formula is C32H46N13O17P3. The number of phosphoric ester groups is 1. The first-order valence-corrected chi connectivity index (χ1v) is 23.5. The Morgan fingerprint density at radius 2 is 1.92 bits per heavy atom. The lowest BCUT2D eigenvalue weighted by Gasteiger charge is -2.23. The summed E-state index contributed by atoms with van der Waals surface area (Å²) in [6, 6.07) is 6.48. The lowest BCUT2D eigenvalue weighted by atomic mass is 10.1. The van der Waals surface area contributed by atoms with Crippen LogP contribution in [0.4, 0.5) is 5.82 Å². The van der Waals surface area contributed by atoms with Gasteiger partial charge in [0.15, 0.2) is 12.2 Å². The zero-order valence-electron chi connectivity index (χ0n) is 34.2. The van der Waals surface area contributed by atoms with E-state index < -0.39 is 73.5 Å². The molecule has 0 aliphatic carbocycles. The number of carbonyl (C=O) groups is 2. The molecule has 2 amide bonds. The molecule has 4 rings (SSSR count). The molecule has 1 aromatic carbocycles. The van der Waals surface area contributed by atoms with Gasteiger partial charge in [-0.25, -0.2) is 18.7 Å². The Bertz CT molecular complexity index is 2330. The van der Waals surface area contributed by atoms with Crippen LogP contribution in [0.3, 0.4) is 0 Å². The molecule has 3 heterocycles. The van der Waals surface area contributed by atoms with Crippen molar-refractivity contribution in [3.05, 3.63) is 68.0 Å². The van der Waals surface area contributed by atoms with Crippen molar-refractivity contribution >= 4 is 47.1 Å². The summed E-state index contributed by atoms with van der Waals surface area (Å²) in [6.45, 7) is 0.339. The molecule has 33 heteroatoms. The molecule has 0 spiro atoms. The first-order chi connectivity index (χ1) is 30.8. The third kappa shape index (κ3) is 17.7. The molecule has 2 aliphatic rings. The number of carbonyl (C=O) groups excluding carboxylic acids is 2. The Morgan fingerprint density at radius 1 is 1.14 bits per heavy atom. The van der Waals surface area contributed by atoms with E-state index in [2.05, 4.69) is 61.5 Å². The molecule has 2 aliphatic heterocycles. The maximum absolute atomic E-state index is 12.5. The van der Waals surface area contributed by atoms with Crippen molar-refractivity contribution in [2.45, 2.75) is 57.0 Å². The Morgan fingerprint density at radius 3 is 2.65 bits per heavy atom. The van der Waals surface area contributed by atoms with E-state index in [0.29, 0.717) is 29.0 Å². The highest BCUT2D eigenvalue weighted by Gasteiger charge is 2.44. The number of anilines is 1.